The third-order valence-electron chi connectivity index (χ3n) is 8.75. The van der Waals surface area contributed by atoms with Crippen molar-refractivity contribution >= 4 is 27.4 Å². The summed E-state index contributed by atoms with van der Waals surface area (Å²) in [5, 5.41) is 2.53. The Morgan fingerprint density at radius 2 is 1.45 bits per heavy atom. The first-order valence-electron chi connectivity index (χ1n) is 16.8. The summed E-state index contributed by atoms with van der Waals surface area (Å²) in [4.78, 5) is 18.9. The Bertz CT molecular complexity index is 2040. The van der Waals surface area contributed by atoms with Crippen molar-refractivity contribution in [2.24, 2.45) is 0 Å². The molecule has 1 fully saturated rings. The number of carbonyl (C=O) groups is 1. The number of pyridine rings is 1. The fourth-order valence-electron chi connectivity index (χ4n) is 5.98. The molecule has 296 valence electrons. The van der Waals surface area contributed by atoms with Gasteiger partial charge in [-0.2, -0.15) is 4.31 Å². The van der Waals surface area contributed by atoms with Gasteiger partial charge >= 0.3 is 6.36 Å². The number of aromatic nitrogens is 1. The molecule has 1 aliphatic rings. The lowest BCUT2D eigenvalue weighted by molar-refractivity contribution is -0.274. The van der Waals surface area contributed by atoms with E-state index in [4.69, 9.17) is 18.9 Å². The van der Waals surface area contributed by atoms with Crippen LogP contribution in [0.25, 0.3) is 0 Å². The summed E-state index contributed by atoms with van der Waals surface area (Å²) in [6, 6.07) is 15.9. The van der Waals surface area contributed by atoms with Gasteiger partial charge in [0.1, 0.15) is 34.6 Å². The van der Waals surface area contributed by atoms with E-state index in [9.17, 15) is 35.2 Å². The Labute approximate surface area is 314 Å². The van der Waals surface area contributed by atoms with E-state index in [0.717, 1.165) is 12.3 Å². The van der Waals surface area contributed by atoms with Crippen molar-refractivity contribution in [2.75, 3.05) is 51.7 Å². The van der Waals surface area contributed by atoms with Crippen molar-refractivity contribution < 1.29 is 58.8 Å². The number of rotatable bonds is 14. The van der Waals surface area contributed by atoms with Gasteiger partial charge in [0.15, 0.2) is 0 Å². The minimum atomic E-state index is -5.11. The molecular weight excluding hydrogens is 755 g/mol. The van der Waals surface area contributed by atoms with Crippen molar-refractivity contribution in [3.63, 3.8) is 0 Å². The maximum Gasteiger partial charge on any atom is 0.573 e. The van der Waals surface area contributed by atoms with Crippen LogP contribution in [0.4, 0.5) is 33.5 Å². The highest BCUT2D eigenvalue weighted by Crippen LogP contribution is 2.35. The first-order chi connectivity index (χ1) is 26.0. The van der Waals surface area contributed by atoms with Crippen molar-refractivity contribution in [3.8, 4) is 28.7 Å². The van der Waals surface area contributed by atoms with E-state index < -0.39 is 52.4 Å². The first kappa shape index (κ1) is 40.8. The Kier molecular flexibility index (Phi) is 12.6. The van der Waals surface area contributed by atoms with Gasteiger partial charge in [0.2, 0.25) is 15.9 Å². The number of halogens is 5. The Hall–Kier alpha value is -5.36. The fourth-order valence-corrected chi connectivity index (χ4v) is 7.42. The zero-order chi connectivity index (χ0) is 40.0. The number of sulfonamides is 1. The zero-order valence-electron chi connectivity index (χ0n) is 30.3. The lowest BCUT2D eigenvalue weighted by Gasteiger charge is -2.25. The van der Waals surface area contributed by atoms with Crippen LogP contribution in [0.15, 0.2) is 77.8 Å². The van der Waals surface area contributed by atoms with Gasteiger partial charge in [-0.1, -0.05) is 18.2 Å². The summed E-state index contributed by atoms with van der Waals surface area (Å²) in [7, 11) is 1.43. The number of anilines is 2. The van der Waals surface area contributed by atoms with Crippen LogP contribution in [-0.4, -0.2) is 77.4 Å². The van der Waals surface area contributed by atoms with Crippen LogP contribution in [0, 0.1) is 0 Å². The summed E-state index contributed by atoms with van der Waals surface area (Å²) in [6.45, 7) is -0.528. The van der Waals surface area contributed by atoms with Crippen molar-refractivity contribution in [3.05, 3.63) is 89.6 Å². The molecule has 0 saturated carbocycles. The Morgan fingerprint density at radius 3 is 2.02 bits per heavy atom. The van der Waals surface area contributed by atoms with Gasteiger partial charge in [-0.05, 0) is 42.8 Å². The van der Waals surface area contributed by atoms with E-state index in [2.05, 4.69) is 15.0 Å². The molecule has 2 heterocycles. The number of benzene rings is 3. The average molecular weight is 795 g/mol. The van der Waals surface area contributed by atoms with E-state index >= 15 is 0 Å². The molecule has 3 aromatic carbocycles. The third-order valence-corrected chi connectivity index (χ3v) is 10.5. The highest BCUT2D eigenvalue weighted by atomic mass is 32.2. The van der Waals surface area contributed by atoms with E-state index in [1.54, 1.807) is 36.4 Å². The predicted octanol–water partition coefficient (Wildman–Crippen LogP) is 7.28. The van der Waals surface area contributed by atoms with Crippen molar-refractivity contribution in [1.82, 2.24) is 9.29 Å². The number of nitrogens with zero attached hydrogens (tertiary/aromatic N) is 3. The number of nitrogens with one attached hydrogen (secondary N) is 1. The average Bonchev–Trinajstić information content (AvgIpc) is 3.34. The minimum absolute atomic E-state index is 0.0365. The second-order valence-electron chi connectivity index (χ2n) is 12.4. The quantitative estimate of drug-likeness (QED) is 0.130. The molecule has 55 heavy (non-hydrogen) atoms. The minimum Gasteiger partial charge on any atom is -0.497 e. The third kappa shape index (κ3) is 10.2. The number of carbonyl (C=O) groups excluding carboxylic acids is 1. The molecule has 18 heteroatoms. The maximum absolute atomic E-state index is 14.5. The van der Waals surface area contributed by atoms with Gasteiger partial charge in [0.25, 0.3) is 5.91 Å². The maximum atomic E-state index is 14.5. The lowest BCUT2D eigenvalue weighted by Crippen LogP contribution is -2.31. The van der Waals surface area contributed by atoms with Gasteiger partial charge in [-0.3, -0.25) is 4.79 Å². The molecule has 0 radical (unpaired) electrons. The predicted molar refractivity (Wildman–Crippen MR) is 192 cm³/mol. The van der Waals surface area contributed by atoms with E-state index in [1.165, 1.54) is 61.9 Å². The number of hydrogen-bond acceptors (Lipinski definition) is 10. The number of alkyl halides is 5. The summed E-state index contributed by atoms with van der Waals surface area (Å²) in [6.07, 6.45) is -5.29. The Morgan fingerprint density at radius 1 is 0.836 bits per heavy atom. The van der Waals surface area contributed by atoms with Crippen LogP contribution in [0.1, 0.15) is 40.7 Å². The van der Waals surface area contributed by atoms with Crippen molar-refractivity contribution in [1.29, 1.82) is 0 Å². The molecule has 0 aliphatic carbocycles. The van der Waals surface area contributed by atoms with E-state index in [-0.39, 0.29) is 49.0 Å². The largest absolute Gasteiger partial charge is 0.573 e. The molecule has 1 aromatic heterocycles. The van der Waals surface area contributed by atoms with Gasteiger partial charge in [0, 0.05) is 68.0 Å². The van der Waals surface area contributed by atoms with Crippen LogP contribution in [0.2, 0.25) is 0 Å². The molecule has 1 N–H and O–H groups in total. The van der Waals surface area contributed by atoms with Gasteiger partial charge < -0.3 is 33.9 Å². The smallest absolute Gasteiger partial charge is 0.497 e. The highest BCUT2D eigenvalue weighted by molar-refractivity contribution is 7.89. The summed E-state index contributed by atoms with van der Waals surface area (Å²) >= 11 is 0. The van der Waals surface area contributed by atoms with Crippen LogP contribution >= 0.6 is 0 Å². The molecule has 1 saturated heterocycles. The molecule has 0 atom stereocenters. The normalized spacial score (nSPS) is 14.5. The summed E-state index contributed by atoms with van der Waals surface area (Å²) < 4.78 is 124. The molecule has 12 nitrogen and oxygen atoms in total. The molecule has 0 unspecified atom stereocenters. The molecular formula is C37H39F5N4O8S. The van der Waals surface area contributed by atoms with Crippen molar-refractivity contribution in [2.45, 2.75) is 49.5 Å². The van der Waals surface area contributed by atoms with Crippen LogP contribution in [-0.2, 0) is 23.1 Å². The molecule has 5 rings (SSSR count). The molecule has 0 bridgehead atoms. The van der Waals surface area contributed by atoms with E-state index in [0.29, 0.717) is 34.1 Å². The van der Waals surface area contributed by atoms with Crippen LogP contribution in [0.3, 0.4) is 0 Å². The molecule has 1 amide bonds. The van der Waals surface area contributed by atoms with Gasteiger partial charge in [-0.15, -0.1) is 13.2 Å². The van der Waals surface area contributed by atoms with Gasteiger partial charge in [-0.25, -0.2) is 22.2 Å². The highest BCUT2D eigenvalue weighted by Gasteiger charge is 2.35. The first-order valence-corrected chi connectivity index (χ1v) is 18.2. The zero-order valence-corrected chi connectivity index (χ0v) is 31.1. The number of amides is 1. The fraction of sp³-hybridized carbons (Fsp3) is 0.351. The lowest BCUT2D eigenvalue weighted by atomic mass is 10.1. The molecule has 1 aliphatic heterocycles. The number of ether oxygens (including phenoxy) is 5. The van der Waals surface area contributed by atoms with Gasteiger partial charge in [0.05, 0.1) is 45.1 Å². The van der Waals surface area contributed by atoms with E-state index in [1.807, 2.05) is 0 Å². The SMILES string of the molecule is COc1ccc(CN(Cc2ccc(OC)cc2OC)S(=O)(=O)c2cccc(NC(=O)c3cc(OC(F)(F)F)cnc3N3CCCC(F)(F)CC3)c2)c(OC)c1. The number of methoxy groups -OCH3 is 4. The van der Waals surface area contributed by atoms with Crippen LogP contribution < -0.4 is 33.9 Å². The standard InChI is InChI=1S/C37H39F5N4O8S/c1-50-27-11-9-24(32(19-27)52-3)22-46(23-25-10-12-28(51-2)20-33(25)53-4)55(48,49)30-8-5-7-26(17-30)44-35(47)31-18-29(54-37(40,41)42)21-43-34(31)45-15-6-13-36(38,39)14-16-45/h5,7-12,17-21H,6,13-16,22-23H2,1-4H3,(H,44,47). The molecule has 0 spiro atoms. The second kappa shape index (κ2) is 17.0. The summed E-state index contributed by atoms with van der Waals surface area (Å²) in [5.41, 5.74) is 0.553. The second-order valence-corrected chi connectivity index (χ2v) is 14.3. The van der Waals surface area contributed by atoms with Crippen LogP contribution in [0.5, 0.6) is 28.7 Å². The summed E-state index contributed by atoms with van der Waals surface area (Å²) in [5.74, 6) is -3.21. The monoisotopic (exact) mass is 794 g/mol. The molecule has 4 aromatic rings. The topological polar surface area (TPSA) is 129 Å². The Balaban J connectivity index is 1.50. The number of hydrogen-bond donors (Lipinski definition) is 1.